The Morgan fingerprint density at radius 3 is 2.48 bits per heavy atom. The molecule has 0 unspecified atom stereocenters. The van der Waals surface area contributed by atoms with Crippen LogP contribution in [0.4, 0.5) is 0 Å². The smallest absolute Gasteiger partial charge is 0.356 e. The fourth-order valence-corrected chi connectivity index (χ4v) is 2.84. The first kappa shape index (κ1) is 21.6. The highest BCUT2D eigenvalue weighted by Crippen LogP contribution is 2.21. The summed E-state index contributed by atoms with van der Waals surface area (Å²) in [5.41, 5.74) is 2.23. The van der Waals surface area contributed by atoms with Gasteiger partial charge < -0.3 is 19.6 Å². The molecule has 1 aromatic heterocycles. The average molecular weight is 418 g/mol. The van der Waals surface area contributed by atoms with Crippen molar-refractivity contribution in [2.45, 2.75) is 13.5 Å². The summed E-state index contributed by atoms with van der Waals surface area (Å²) in [5, 5.41) is 10.8. The Morgan fingerprint density at radius 1 is 1.06 bits per heavy atom. The molecular weight excluding hydrogens is 396 g/mol. The van der Waals surface area contributed by atoms with Crippen molar-refractivity contribution >= 4 is 35.1 Å². The van der Waals surface area contributed by atoms with Crippen molar-refractivity contribution in [3.05, 3.63) is 89.0 Å². The van der Waals surface area contributed by atoms with Gasteiger partial charge in [0, 0.05) is 28.9 Å². The number of aromatic amines is 1. The molecule has 0 radical (unpaired) electrons. The second-order valence-electron chi connectivity index (χ2n) is 6.63. The SMILES string of the molecule is COC(=O)C(=C/c1c[nH]c2ccccc12)/N=C\C(C(=O)OCc1ccccc1)=C(/C)O. The molecule has 1 heterocycles. The molecule has 0 aliphatic rings. The van der Waals surface area contributed by atoms with Gasteiger partial charge >= 0.3 is 11.9 Å². The number of H-pyrrole nitrogens is 1. The maximum Gasteiger partial charge on any atom is 0.356 e. The third kappa shape index (κ3) is 5.48. The molecule has 0 aliphatic heterocycles. The lowest BCUT2D eigenvalue weighted by molar-refractivity contribution is -0.140. The van der Waals surface area contributed by atoms with Crippen LogP contribution in [0.15, 0.2) is 82.8 Å². The number of para-hydroxylation sites is 1. The van der Waals surface area contributed by atoms with E-state index >= 15 is 0 Å². The first-order valence-electron chi connectivity index (χ1n) is 9.50. The third-order valence-corrected chi connectivity index (χ3v) is 4.46. The van der Waals surface area contributed by atoms with Gasteiger partial charge in [-0.05, 0) is 24.6 Å². The Labute approximate surface area is 179 Å². The number of hydrogen-bond donors (Lipinski definition) is 2. The van der Waals surface area contributed by atoms with E-state index in [9.17, 15) is 14.7 Å². The summed E-state index contributed by atoms with van der Waals surface area (Å²) in [6, 6.07) is 16.7. The molecule has 0 aliphatic carbocycles. The predicted molar refractivity (Wildman–Crippen MR) is 118 cm³/mol. The monoisotopic (exact) mass is 418 g/mol. The zero-order chi connectivity index (χ0) is 22.2. The zero-order valence-corrected chi connectivity index (χ0v) is 17.2. The Morgan fingerprint density at radius 2 is 1.77 bits per heavy atom. The van der Waals surface area contributed by atoms with Crippen molar-refractivity contribution in [3.63, 3.8) is 0 Å². The first-order chi connectivity index (χ1) is 15.0. The van der Waals surface area contributed by atoms with Crippen LogP contribution in [0, 0.1) is 0 Å². The van der Waals surface area contributed by atoms with Crippen LogP contribution in [0.2, 0.25) is 0 Å². The lowest BCUT2D eigenvalue weighted by Gasteiger charge is -2.06. The number of aliphatic hydroxyl groups is 1. The van der Waals surface area contributed by atoms with E-state index in [0.717, 1.165) is 28.2 Å². The molecule has 0 spiro atoms. The Balaban J connectivity index is 1.84. The Bertz CT molecular complexity index is 1170. The predicted octanol–water partition coefficient (Wildman–Crippen LogP) is 4.33. The van der Waals surface area contributed by atoms with Crippen molar-refractivity contribution < 1.29 is 24.2 Å². The van der Waals surface area contributed by atoms with Gasteiger partial charge in [0.05, 0.1) is 7.11 Å². The number of carbonyl (C=O) groups excluding carboxylic acids is 2. The van der Waals surface area contributed by atoms with Crippen LogP contribution in [-0.2, 0) is 25.7 Å². The van der Waals surface area contributed by atoms with Gasteiger partial charge in [-0.2, -0.15) is 0 Å². The minimum Gasteiger partial charge on any atom is -0.512 e. The second kappa shape index (κ2) is 10.1. The molecule has 2 aromatic carbocycles. The number of benzene rings is 2. The number of ether oxygens (including phenoxy) is 2. The van der Waals surface area contributed by atoms with Crippen LogP contribution in [-0.4, -0.2) is 35.4 Å². The van der Waals surface area contributed by atoms with Crippen molar-refractivity contribution in [2.24, 2.45) is 4.99 Å². The van der Waals surface area contributed by atoms with E-state index in [1.54, 1.807) is 12.3 Å². The summed E-state index contributed by atoms with van der Waals surface area (Å²) in [7, 11) is 1.24. The van der Waals surface area contributed by atoms with Gasteiger partial charge in [-0.1, -0.05) is 48.5 Å². The number of allylic oxidation sites excluding steroid dienone is 1. The molecule has 0 fully saturated rings. The largest absolute Gasteiger partial charge is 0.512 e. The van der Waals surface area contributed by atoms with E-state index in [2.05, 4.69) is 9.98 Å². The lowest BCUT2D eigenvalue weighted by Crippen LogP contribution is -2.12. The molecule has 0 atom stereocenters. The first-order valence-corrected chi connectivity index (χ1v) is 9.50. The van der Waals surface area contributed by atoms with E-state index in [-0.39, 0.29) is 23.6 Å². The number of hydrogen-bond acceptors (Lipinski definition) is 6. The molecule has 158 valence electrons. The molecular formula is C24H22N2O5. The highest BCUT2D eigenvalue weighted by atomic mass is 16.5. The van der Waals surface area contributed by atoms with E-state index in [1.807, 2.05) is 54.6 Å². The minimum absolute atomic E-state index is 0.0399. The number of carbonyl (C=O) groups is 2. The summed E-state index contributed by atoms with van der Waals surface area (Å²) >= 11 is 0. The maximum absolute atomic E-state index is 12.4. The molecule has 0 saturated carbocycles. The average Bonchev–Trinajstić information content (AvgIpc) is 3.19. The molecule has 31 heavy (non-hydrogen) atoms. The van der Waals surface area contributed by atoms with E-state index in [0.29, 0.717) is 0 Å². The number of fused-ring (bicyclic) bond motifs is 1. The Kier molecular flexibility index (Phi) is 7.01. The molecule has 0 amide bonds. The normalized spacial score (nSPS) is 12.6. The van der Waals surface area contributed by atoms with Crippen LogP contribution < -0.4 is 0 Å². The lowest BCUT2D eigenvalue weighted by atomic mass is 10.1. The van der Waals surface area contributed by atoms with Crippen LogP contribution in [0.1, 0.15) is 18.1 Å². The summed E-state index contributed by atoms with van der Waals surface area (Å²) in [6.45, 7) is 1.38. The fraction of sp³-hybridized carbons (Fsp3) is 0.125. The van der Waals surface area contributed by atoms with Gasteiger partial charge in [-0.3, -0.25) is 0 Å². The molecule has 0 saturated heterocycles. The highest BCUT2D eigenvalue weighted by Gasteiger charge is 2.15. The number of aromatic nitrogens is 1. The Hall–Kier alpha value is -4.13. The maximum atomic E-state index is 12.4. The summed E-state index contributed by atoms with van der Waals surface area (Å²) in [4.78, 5) is 31.9. The number of aliphatic imine (C=N–C) groups is 1. The summed E-state index contributed by atoms with van der Waals surface area (Å²) < 4.78 is 10.1. The van der Waals surface area contributed by atoms with Gasteiger partial charge in [-0.15, -0.1) is 0 Å². The quantitative estimate of drug-likeness (QED) is 0.257. The molecule has 3 aromatic rings. The number of nitrogens with zero attached hydrogens (tertiary/aromatic N) is 1. The molecule has 3 rings (SSSR count). The van der Waals surface area contributed by atoms with E-state index < -0.39 is 11.9 Å². The molecule has 7 nitrogen and oxygen atoms in total. The summed E-state index contributed by atoms with van der Waals surface area (Å²) in [6.07, 6.45) is 4.38. The van der Waals surface area contributed by atoms with Crippen LogP contribution in [0.5, 0.6) is 0 Å². The van der Waals surface area contributed by atoms with Gasteiger partial charge in [0.25, 0.3) is 0 Å². The van der Waals surface area contributed by atoms with Crippen LogP contribution in [0.3, 0.4) is 0 Å². The fourth-order valence-electron chi connectivity index (χ4n) is 2.84. The van der Waals surface area contributed by atoms with Gasteiger partial charge in [0.2, 0.25) is 0 Å². The third-order valence-electron chi connectivity index (χ3n) is 4.46. The zero-order valence-electron chi connectivity index (χ0n) is 17.2. The topological polar surface area (TPSA) is 101 Å². The number of methoxy groups -OCH3 is 1. The number of rotatable bonds is 7. The number of nitrogens with one attached hydrogen (secondary N) is 1. The second-order valence-corrected chi connectivity index (χ2v) is 6.63. The van der Waals surface area contributed by atoms with Crippen molar-refractivity contribution in [1.29, 1.82) is 0 Å². The van der Waals surface area contributed by atoms with E-state index in [4.69, 9.17) is 9.47 Å². The van der Waals surface area contributed by atoms with Crippen LogP contribution in [0.25, 0.3) is 17.0 Å². The van der Waals surface area contributed by atoms with Crippen molar-refractivity contribution in [3.8, 4) is 0 Å². The minimum atomic E-state index is -0.760. The summed E-state index contributed by atoms with van der Waals surface area (Å²) in [5.74, 6) is -1.73. The van der Waals surface area contributed by atoms with Gasteiger partial charge in [-0.25, -0.2) is 14.6 Å². The van der Waals surface area contributed by atoms with Gasteiger partial charge in [0.1, 0.15) is 23.6 Å². The molecule has 0 bridgehead atoms. The van der Waals surface area contributed by atoms with Crippen molar-refractivity contribution in [2.75, 3.05) is 7.11 Å². The van der Waals surface area contributed by atoms with Crippen molar-refractivity contribution in [1.82, 2.24) is 4.98 Å². The highest BCUT2D eigenvalue weighted by molar-refractivity contribution is 6.11. The number of esters is 2. The van der Waals surface area contributed by atoms with Crippen LogP contribution >= 0.6 is 0 Å². The van der Waals surface area contributed by atoms with Gasteiger partial charge in [0.15, 0.2) is 0 Å². The number of aliphatic hydroxyl groups excluding tert-OH is 1. The molecule has 7 heteroatoms. The standard InChI is InChI=1S/C24H22N2O5/c1-16(27)20(23(28)31-15-17-8-4-3-5-9-17)14-26-22(24(29)30-2)12-18-13-25-21-11-7-6-10-19(18)21/h3-14,25,27H,15H2,1-2H3/b20-16-,22-12-,26-14-. The van der Waals surface area contributed by atoms with E-state index in [1.165, 1.54) is 14.0 Å². The molecule has 2 N–H and O–H groups in total.